The van der Waals surface area contributed by atoms with Crippen molar-refractivity contribution in [3.05, 3.63) is 0 Å². The molecule has 0 aliphatic carbocycles. The van der Waals surface area contributed by atoms with Crippen molar-refractivity contribution in [1.82, 2.24) is 10.2 Å². The van der Waals surface area contributed by atoms with Gasteiger partial charge in [0.15, 0.2) is 0 Å². The molecule has 0 spiro atoms. The number of nitrogens with zero attached hydrogens (tertiary/aromatic N) is 1. The standard InChI is InChI=1S/C9H16N2O3/c1-2-10-9(14)11-4-3-7(6-11)5-8(12)13/h7H,2-6H2,1H3,(H,10,14)(H,12,13). The molecule has 0 saturated carbocycles. The summed E-state index contributed by atoms with van der Waals surface area (Å²) in [4.78, 5) is 23.5. The molecule has 1 unspecified atom stereocenters. The minimum Gasteiger partial charge on any atom is -0.481 e. The van der Waals surface area contributed by atoms with Gasteiger partial charge in [-0.15, -0.1) is 0 Å². The van der Waals surface area contributed by atoms with E-state index < -0.39 is 5.97 Å². The van der Waals surface area contributed by atoms with Gasteiger partial charge in [0.2, 0.25) is 0 Å². The molecule has 0 bridgehead atoms. The van der Waals surface area contributed by atoms with Gasteiger partial charge >= 0.3 is 12.0 Å². The molecule has 1 rings (SSSR count). The summed E-state index contributed by atoms with van der Waals surface area (Å²) in [7, 11) is 0. The molecule has 5 heteroatoms. The highest BCUT2D eigenvalue weighted by atomic mass is 16.4. The Hall–Kier alpha value is -1.26. The third-order valence-electron chi connectivity index (χ3n) is 2.36. The average molecular weight is 200 g/mol. The summed E-state index contributed by atoms with van der Waals surface area (Å²) in [6.45, 7) is 3.71. The fourth-order valence-electron chi connectivity index (χ4n) is 1.69. The first-order valence-corrected chi connectivity index (χ1v) is 4.88. The van der Waals surface area contributed by atoms with Crippen LogP contribution in [0.5, 0.6) is 0 Å². The molecule has 0 radical (unpaired) electrons. The van der Waals surface area contributed by atoms with Crippen LogP contribution in [0.2, 0.25) is 0 Å². The van der Waals surface area contributed by atoms with Crippen LogP contribution in [0.3, 0.4) is 0 Å². The minimum atomic E-state index is -0.784. The molecule has 5 nitrogen and oxygen atoms in total. The quantitative estimate of drug-likeness (QED) is 0.697. The number of carbonyl (C=O) groups is 2. The molecule has 1 atom stereocenters. The summed E-state index contributed by atoms with van der Waals surface area (Å²) in [5.41, 5.74) is 0. The lowest BCUT2D eigenvalue weighted by atomic mass is 10.1. The first-order chi connectivity index (χ1) is 6.63. The van der Waals surface area contributed by atoms with Crippen molar-refractivity contribution in [1.29, 1.82) is 0 Å². The number of urea groups is 1. The summed E-state index contributed by atoms with van der Waals surface area (Å²) < 4.78 is 0. The Morgan fingerprint density at radius 1 is 1.57 bits per heavy atom. The molecule has 2 N–H and O–H groups in total. The number of likely N-dealkylation sites (tertiary alicyclic amines) is 1. The van der Waals surface area contributed by atoms with E-state index in [4.69, 9.17) is 5.11 Å². The van der Waals surface area contributed by atoms with E-state index in [-0.39, 0.29) is 18.4 Å². The van der Waals surface area contributed by atoms with Crippen molar-refractivity contribution >= 4 is 12.0 Å². The third-order valence-corrected chi connectivity index (χ3v) is 2.36. The van der Waals surface area contributed by atoms with Gasteiger partial charge in [0.25, 0.3) is 0 Å². The number of hydrogen-bond donors (Lipinski definition) is 2. The minimum absolute atomic E-state index is 0.0830. The van der Waals surface area contributed by atoms with Crippen molar-refractivity contribution in [3.8, 4) is 0 Å². The second-order valence-electron chi connectivity index (χ2n) is 3.53. The van der Waals surface area contributed by atoms with Crippen LogP contribution < -0.4 is 5.32 Å². The van der Waals surface area contributed by atoms with E-state index in [1.807, 2.05) is 6.92 Å². The van der Waals surface area contributed by atoms with Crippen LogP contribution in [0.25, 0.3) is 0 Å². The average Bonchev–Trinajstić information content (AvgIpc) is 2.52. The van der Waals surface area contributed by atoms with Crippen molar-refractivity contribution in [2.24, 2.45) is 5.92 Å². The highest BCUT2D eigenvalue weighted by Gasteiger charge is 2.27. The van der Waals surface area contributed by atoms with Crippen LogP contribution in [0.15, 0.2) is 0 Å². The number of amides is 2. The Kier molecular flexibility index (Phi) is 3.73. The molecule has 80 valence electrons. The smallest absolute Gasteiger partial charge is 0.317 e. The number of hydrogen-bond acceptors (Lipinski definition) is 2. The third kappa shape index (κ3) is 2.90. The number of carboxylic acid groups (broad SMARTS) is 1. The molecule has 1 aliphatic rings. The molecule has 1 heterocycles. The summed E-state index contributed by atoms with van der Waals surface area (Å²) in [6.07, 6.45) is 0.958. The summed E-state index contributed by atoms with van der Waals surface area (Å²) in [5, 5.41) is 11.3. The Morgan fingerprint density at radius 2 is 2.29 bits per heavy atom. The normalized spacial score (nSPS) is 20.9. The molecular weight excluding hydrogens is 184 g/mol. The van der Waals surface area contributed by atoms with Crippen molar-refractivity contribution in [2.45, 2.75) is 19.8 Å². The van der Waals surface area contributed by atoms with Crippen molar-refractivity contribution < 1.29 is 14.7 Å². The topological polar surface area (TPSA) is 69.6 Å². The maximum absolute atomic E-state index is 11.3. The van der Waals surface area contributed by atoms with Gasteiger partial charge in [-0.05, 0) is 19.3 Å². The number of carboxylic acids is 1. The van der Waals surface area contributed by atoms with Gasteiger partial charge in [-0.3, -0.25) is 4.79 Å². The fourth-order valence-corrected chi connectivity index (χ4v) is 1.69. The van der Waals surface area contributed by atoms with Gasteiger partial charge in [0.05, 0.1) is 0 Å². The predicted octanol–water partition coefficient (Wildman–Crippen LogP) is 0.513. The number of carbonyl (C=O) groups excluding carboxylic acids is 1. The molecule has 1 aliphatic heterocycles. The summed E-state index contributed by atoms with van der Waals surface area (Å²) in [6, 6.07) is -0.0830. The Bertz CT molecular complexity index is 230. The van der Waals surface area contributed by atoms with Gasteiger partial charge in [0, 0.05) is 26.1 Å². The Balaban J connectivity index is 2.33. The van der Waals surface area contributed by atoms with Crippen molar-refractivity contribution in [2.75, 3.05) is 19.6 Å². The summed E-state index contributed by atoms with van der Waals surface area (Å²) >= 11 is 0. The Morgan fingerprint density at radius 3 is 2.86 bits per heavy atom. The number of rotatable bonds is 3. The molecule has 0 aromatic rings. The predicted molar refractivity (Wildman–Crippen MR) is 51.0 cm³/mol. The largest absolute Gasteiger partial charge is 0.481 e. The maximum atomic E-state index is 11.3. The van der Waals surface area contributed by atoms with E-state index in [1.54, 1.807) is 4.90 Å². The Labute approximate surface area is 83.1 Å². The fraction of sp³-hybridized carbons (Fsp3) is 0.778. The molecule has 1 fully saturated rings. The first kappa shape index (κ1) is 10.8. The monoisotopic (exact) mass is 200 g/mol. The lowest BCUT2D eigenvalue weighted by Crippen LogP contribution is -2.38. The molecule has 0 aromatic heterocycles. The molecular formula is C9H16N2O3. The second-order valence-corrected chi connectivity index (χ2v) is 3.53. The van der Waals surface area contributed by atoms with Gasteiger partial charge < -0.3 is 15.3 Å². The molecule has 1 saturated heterocycles. The van der Waals surface area contributed by atoms with Gasteiger partial charge in [-0.2, -0.15) is 0 Å². The van der Waals surface area contributed by atoms with Crippen LogP contribution in [-0.2, 0) is 4.79 Å². The van der Waals surface area contributed by atoms with Gasteiger partial charge in [0.1, 0.15) is 0 Å². The lowest BCUT2D eigenvalue weighted by Gasteiger charge is -2.16. The van der Waals surface area contributed by atoms with Gasteiger partial charge in [-0.25, -0.2) is 4.79 Å². The van der Waals surface area contributed by atoms with Crippen LogP contribution in [0, 0.1) is 5.92 Å². The van der Waals surface area contributed by atoms with E-state index in [9.17, 15) is 9.59 Å². The molecule has 14 heavy (non-hydrogen) atoms. The van der Waals surface area contributed by atoms with E-state index >= 15 is 0 Å². The summed E-state index contributed by atoms with van der Waals surface area (Å²) in [5.74, 6) is -0.664. The second kappa shape index (κ2) is 4.83. The number of aliphatic carboxylic acids is 1. The van der Waals surface area contributed by atoms with E-state index in [0.717, 1.165) is 6.42 Å². The van der Waals surface area contributed by atoms with Crippen LogP contribution in [0.1, 0.15) is 19.8 Å². The first-order valence-electron chi connectivity index (χ1n) is 4.88. The molecule has 2 amide bonds. The number of nitrogens with one attached hydrogen (secondary N) is 1. The van der Waals surface area contributed by atoms with E-state index in [0.29, 0.717) is 19.6 Å². The maximum Gasteiger partial charge on any atom is 0.317 e. The lowest BCUT2D eigenvalue weighted by molar-refractivity contribution is -0.138. The SMILES string of the molecule is CCNC(=O)N1CCC(CC(=O)O)C1. The van der Waals surface area contributed by atoms with E-state index in [1.165, 1.54) is 0 Å². The van der Waals surface area contributed by atoms with E-state index in [2.05, 4.69) is 5.32 Å². The highest BCUT2D eigenvalue weighted by molar-refractivity contribution is 5.74. The molecule has 0 aromatic carbocycles. The highest BCUT2D eigenvalue weighted by Crippen LogP contribution is 2.19. The zero-order chi connectivity index (χ0) is 10.6. The zero-order valence-corrected chi connectivity index (χ0v) is 8.32. The zero-order valence-electron chi connectivity index (χ0n) is 8.32. The van der Waals surface area contributed by atoms with Crippen LogP contribution in [-0.4, -0.2) is 41.6 Å². The van der Waals surface area contributed by atoms with Crippen LogP contribution in [0.4, 0.5) is 4.79 Å². The van der Waals surface area contributed by atoms with Crippen molar-refractivity contribution in [3.63, 3.8) is 0 Å². The van der Waals surface area contributed by atoms with Gasteiger partial charge in [-0.1, -0.05) is 0 Å². The van der Waals surface area contributed by atoms with Crippen LogP contribution >= 0.6 is 0 Å².